The van der Waals surface area contributed by atoms with E-state index in [4.69, 9.17) is 0 Å². The Morgan fingerprint density at radius 2 is 2.14 bits per heavy atom. The summed E-state index contributed by atoms with van der Waals surface area (Å²) in [6.45, 7) is 2.95. The molecule has 0 aliphatic rings. The van der Waals surface area contributed by atoms with Crippen LogP contribution in [0.4, 0.5) is 5.82 Å². The number of sulfonamides is 1. The van der Waals surface area contributed by atoms with Crippen molar-refractivity contribution < 1.29 is 8.42 Å². The molecule has 0 aliphatic heterocycles. The van der Waals surface area contributed by atoms with Gasteiger partial charge in [0, 0.05) is 24.2 Å². The molecule has 2 rings (SSSR count). The number of halogens is 1. The van der Waals surface area contributed by atoms with E-state index in [1.54, 1.807) is 18.3 Å². The maximum atomic E-state index is 12.4. The fourth-order valence-electron chi connectivity index (χ4n) is 1.67. The molecule has 5 nitrogen and oxygen atoms in total. The second-order valence-electron chi connectivity index (χ2n) is 4.31. The lowest BCUT2D eigenvalue weighted by atomic mass is 10.4. The molecule has 0 radical (unpaired) electrons. The standard InChI is InChI=1S/C13H16BrN3O2S2/c1-2-7-15-13-11(4-3-8-16-13)21(18,19)17-9-10-5-6-12(14)20-10/h3-6,8,17H,2,7,9H2,1H3,(H,15,16). The first-order chi connectivity index (χ1) is 10.0. The average Bonchev–Trinajstić information content (AvgIpc) is 2.89. The number of rotatable bonds is 7. The summed E-state index contributed by atoms with van der Waals surface area (Å²) in [7, 11) is -3.59. The van der Waals surface area contributed by atoms with E-state index in [1.807, 2.05) is 19.1 Å². The molecular weight excluding hydrogens is 374 g/mol. The molecule has 0 fully saturated rings. The quantitative estimate of drug-likeness (QED) is 0.762. The normalized spacial score (nSPS) is 11.5. The fraction of sp³-hybridized carbons (Fsp3) is 0.308. The maximum Gasteiger partial charge on any atom is 0.244 e. The minimum absolute atomic E-state index is 0.175. The number of pyridine rings is 1. The largest absolute Gasteiger partial charge is 0.369 e. The van der Waals surface area contributed by atoms with Gasteiger partial charge in [-0.3, -0.25) is 0 Å². The molecule has 21 heavy (non-hydrogen) atoms. The fourth-order valence-corrected chi connectivity index (χ4v) is 4.33. The maximum absolute atomic E-state index is 12.4. The monoisotopic (exact) mass is 389 g/mol. The first-order valence-electron chi connectivity index (χ1n) is 6.45. The molecule has 0 spiro atoms. The molecule has 0 bridgehead atoms. The highest BCUT2D eigenvalue weighted by molar-refractivity contribution is 9.11. The van der Waals surface area contributed by atoms with Crippen molar-refractivity contribution in [3.63, 3.8) is 0 Å². The zero-order valence-electron chi connectivity index (χ0n) is 11.5. The van der Waals surface area contributed by atoms with Gasteiger partial charge in [0.2, 0.25) is 10.0 Å². The van der Waals surface area contributed by atoms with Crippen molar-refractivity contribution in [3.05, 3.63) is 39.1 Å². The van der Waals surface area contributed by atoms with E-state index in [9.17, 15) is 8.42 Å². The van der Waals surface area contributed by atoms with Gasteiger partial charge in [0.25, 0.3) is 0 Å². The Morgan fingerprint density at radius 3 is 2.81 bits per heavy atom. The molecule has 8 heteroatoms. The van der Waals surface area contributed by atoms with Gasteiger partial charge in [-0.1, -0.05) is 6.92 Å². The van der Waals surface area contributed by atoms with Gasteiger partial charge in [0.1, 0.15) is 10.7 Å². The van der Waals surface area contributed by atoms with E-state index in [-0.39, 0.29) is 11.4 Å². The van der Waals surface area contributed by atoms with E-state index in [2.05, 4.69) is 31.0 Å². The van der Waals surface area contributed by atoms with Crippen LogP contribution >= 0.6 is 27.3 Å². The summed E-state index contributed by atoms with van der Waals surface area (Å²) in [6.07, 6.45) is 2.47. The average molecular weight is 390 g/mol. The van der Waals surface area contributed by atoms with Gasteiger partial charge in [0.05, 0.1) is 3.79 Å². The third-order valence-corrected chi connectivity index (χ3v) is 5.72. The molecule has 0 amide bonds. The summed E-state index contributed by atoms with van der Waals surface area (Å²) >= 11 is 4.86. The van der Waals surface area contributed by atoms with Crippen molar-refractivity contribution in [2.75, 3.05) is 11.9 Å². The Hall–Kier alpha value is -0.960. The zero-order chi connectivity index (χ0) is 15.3. The topological polar surface area (TPSA) is 71.1 Å². The van der Waals surface area contributed by atoms with Crippen LogP contribution in [0.2, 0.25) is 0 Å². The molecule has 0 atom stereocenters. The van der Waals surface area contributed by atoms with Crippen LogP contribution in [-0.4, -0.2) is 19.9 Å². The summed E-state index contributed by atoms with van der Waals surface area (Å²) in [5.41, 5.74) is 0. The Balaban J connectivity index is 2.15. The van der Waals surface area contributed by atoms with Crippen molar-refractivity contribution >= 4 is 43.1 Å². The van der Waals surface area contributed by atoms with E-state index in [1.165, 1.54) is 11.3 Å². The molecule has 114 valence electrons. The second kappa shape index (κ2) is 7.35. The summed E-state index contributed by atoms with van der Waals surface area (Å²) in [6, 6.07) is 6.95. The predicted octanol–water partition coefficient (Wildman–Crippen LogP) is 3.21. The van der Waals surface area contributed by atoms with Crippen LogP contribution in [0.5, 0.6) is 0 Å². The van der Waals surface area contributed by atoms with Gasteiger partial charge in [-0.15, -0.1) is 11.3 Å². The number of hydrogen-bond acceptors (Lipinski definition) is 5. The van der Waals surface area contributed by atoms with Crippen molar-refractivity contribution in [3.8, 4) is 0 Å². The number of thiophene rings is 1. The van der Waals surface area contributed by atoms with Crippen LogP contribution in [0.15, 0.2) is 39.1 Å². The van der Waals surface area contributed by atoms with Crippen molar-refractivity contribution in [2.24, 2.45) is 0 Å². The predicted molar refractivity (Wildman–Crippen MR) is 89.1 cm³/mol. The lowest BCUT2D eigenvalue weighted by molar-refractivity contribution is 0.581. The van der Waals surface area contributed by atoms with Crippen molar-refractivity contribution in [2.45, 2.75) is 24.8 Å². The second-order valence-corrected chi connectivity index (χ2v) is 8.59. The smallest absolute Gasteiger partial charge is 0.244 e. The Bertz CT molecular complexity index is 701. The Morgan fingerprint density at radius 1 is 1.33 bits per heavy atom. The minimum Gasteiger partial charge on any atom is -0.369 e. The molecular formula is C13H16BrN3O2S2. The summed E-state index contributed by atoms with van der Waals surface area (Å²) in [4.78, 5) is 5.22. The number of nitrogens with zero attached hydrogens (tertiary/aromatic N) is 1. The molecule has 0 unspecified atom stereocenters. The number of nitrogens with one attached hydrogen (secondary N) is 2. The first kappa shape index (κ1) is 16.4. The van der Waals surface area contributed by atoms with Crippen LogP contribution in [0.1, 0.15) is 18.2 Å². The minimum atomic E-state index is -3.59. The molecule has 0 aliphatic carbocycles. The van der Waals surface area contributed by atoms with Crippen molar-refractivity contribution in [1.29, 1.82) is 0 Å². The summed E-state index contributed by atoms with van der Waals surface area (Å²) < 4.78 is 28.4. The first-order valence-corrected chi connectivity index (χ1v) is 9.55. The van der Waals surface area contributed by atoms with Crippen LogP contribution in [-0.2, 0) is 16.6 Å². The summed E-state index contributed by atoms with van der Waals surface area (Å²) in [5, 5.41) is 3.04. The highest BCUT2D eigenvalue weighted by Crippen LogP contribution is 2.23. The van der Waals surface area contributed by atoms with Gasteiger partial charge in [-0.05, 0) is 46.6 Å². The van der Waals surface area contributed by atoms with Gasteiger partial charge >= 0.3 is 0 Å². The van der Waals surface area contributed by atoms with Crippen LogP contribution in [0.3, 0.4) is 0 Å². The highest BCUT2D eigenvalue weighted by atomic mass is 79.9. The number of anilines is 1. The number of aromatic nitrogens is 1. The van der Waals surface area contributed by atoms with Crippen LogP contribution in [0, 0.1) is 0 Å². The zero-order valence-corrected chi connectivity index (χ0v) is 14.7. The molecule has 0 saturated carbocycles. The van der Waals surface area contributed by atoms with Gasteiger partial charge in [0.15, 0.2) is 0 Å². The van der Waals surface area contributed by atoms with Gasteiger partial charge in [-0.25, -0.2) is 18.1 Å². The molecule has 0 aromatic carbocycles. The third-order valence-electron chi connectivity index (χ3n) is 2.67. The molecule has 2 aromatic rings. The molecule has 0 saturated heterocycles. The van der Waals surface area contributed by atoms with Gasteiger partial charge < -0.3 is 5.32 Å². The van der Waals surface area contributed by atoms with Crippen LogP contribution < -0.4 is 10.0 Å². The third kappa shape index (κ3) is 4.50. The summed E-state index contributed by atoms with van der Waals surface area (Å²) in [5.74, 6) is 0.388. The lowest BCUT2D eigenvalue weighted by Gasteiger charge is -2.11. The molecule has 2 aromatic heterocycles. The van der Waals surface area contributed by atoms with E-state index in [0.717, 1.165) is 15.1 Å². The van der Waals surface area contributed by atoms with E-state index in [0.29, 0.717) is 12.4 Å². The SMILES string of the molecule is CCCNc1ncccc1S(=O)(=O)NCc1ccc(Br)s1. The molecule has 2 N–H and O–H groups in total. The molecule has 2 heterocycles. The van der Waals surface area contributed by atoms with Crippen molar-refractivity contribution in [1.82, 2.24) is 9.71 Å². The Labute approximate surface area is 137 Å². The van der Waals surface area contributed by atoms with Crippen LogP contribution in [0.25, 0.3) is 0 Å². The highest BCUT2D eigenvalue weighted by Gasteiger charge is 2.19. The van der Waals surface area contributed by atoms with E-state index >= 15 is 0 Å². The van der Waals surface area contributed by atoms with Gasteiger partial charge in [-0.2, -0.15) is 0 Å². The Kier molecular flexibility index (Phi) is 5.74. The lowest BCUT2D eigenvalue weighted by Crippen LogP contribution is -2.24. The number of hydrogen-bond donors (Lipinski definition) is 2. The van der Waals surface area contributed by atoms with E-state index < -0.39 is 10.0 Å².